The summed E-state index contributed by atoms with van der Waals surface area (Å²) in [5.74, 6) is 0.867. The molecule has 0 fully saturated rings. The van der Waals surface area contributed by atoms with E-state index in [-0.39, 0.29) is 30.2 Å². The van der Waals surface area contributed by atoms with Crippen LogP contribution in [0.15, 0.2) is 80.1 Å². The van der Waals surface area contributed by atoms with Crippen LogP contribution in [-0.4, -0.2) is 38.0 Å². The van der Waals surface area contributed by atoms with Gasteiger partial charge in [-0.15, -0.1) is 0 Å². The molecule has 0 spiro atoms. The Morgan fingerprint density at radius 3 is 2.48 bits per heavy atom. The number of thiazole rings is 1. The van der Waals surface area contributed by atoms with Crippen molar-refractivity contribution in [3.05, 3.63) is 113 Å². The average Bonchev–Trinajstić information content (AvgIpc) is 3.34. The van der Waals surface area contributed by atoms with Gasteiger partial charge >= 0.3 is 5.97 Å². The van der Waals surface area contributed by atoms with Crippen LogP contribution in [0.1, 0.15) is 43.5 Å². The van der Waals surface area contributed by atoms with Crippen molar-refractivity contribution in [2.45, 2.75) is 33.4 Å². The summed E-state index contributed by atoms with van der Waals surface area (Å²) in [7, 11) is 3.05. The van der Waals surface area contributed by atoms with Crippen molar-refractivity contribution in [3.8, 4) is 23.0 Å². The van der Waals surface area contributed by atoms with E-state index >= 15 is 0 Å². The van der Waals surface area contributed by atoms with E-state index in [0.29, 0.717) is 65.8 Å². The van der Waals surface area contributed by atoms with Crippen molar-refractivity contribution in [2.24, 2.45) is 4.99 Å². The number of ether oxygens (including phenoxy) is 5. The molecule has 2 heterocycles. The summed E-state index contributed by atoms with van der Waals surface area (Å²) in [5, 5.41) is 0. The van der Waals surface area contributed by atoms with Gasteiger partial charge in [-0.25, -0.2) is 14.2 Å². The zero-order valence-electron chi connectivity index (χ0n) is 25.9. The first-order chi connectivity index (χ1) is 22.2. The topological polar surface area (TPSA) is 97.6 Å². The van der Waals surface area contributed by atoms with Crippen LogP contribution in [0, 0.1) is 5.82 Å². The molecular weight excluding hydrogens is 679 g/mol. The number of nitrogens with zero attached hydrogens (tertiary/aromatic N) is 2. The lowest BCUT2D eigenvalue weighted by Gasteiger charge is -2.25. The monoisotopic (exact) mass is 710 g/mol. The van der Waals surface area contributed by atoms with Crippen LogP contribution in [0.5, 0.6) is 23.0 Å². The van der Waals surface area contributed by atoms with Crippen molar-refractivity contribution < 1.29 is 32.9 Å². The number of aromatic nitrogens is 1. The van der Waals surface area contributed by atoms with E-state index in [0.717, 1.165) is 0 Å². The third-order valence-corrected chi connectivity index (χ3v) is 8.77. The lowest BCUT2D eigenvalue weighted by molar-refractivity contribution is -0.139. The van der Waals surface area contributed by atoms with E-state index in [1.54, 1.807) is 75.6 Å². The number of carbonyl (C=O) groups excluding carboxylic acids is 1. The largest absolute Gasteiger partial charge is 0.493 e. The Morgan fingerprint density at radius 1 is 1.02 bits per heavy atom. The molecule has 5 rings (SSSR count). The number of hydrogen-bond acceptors (Lipinski definition) is 9. The fourth-order valence-electron chi connectivity index (χ4n) is 5.12. The van der Waals surface area contributed by atoms with Gasteiger partial charge in [0.2, 0.25) is 0 Å². The lowest BCUT2D eigenvalue weighted by atomic mass is 9.95. The first kappa shape index (κ1) is 33.0. The predicted octanol–water partition coefficient (Wildman–Crippen LogP) is 5.69. The molecule has 0 bridgehead atoms. The predicted molar refractivity (Wildman–Crippen MR) is 176 cm³/mol. The third-order valence-electron chi connectivity index (χ3n) is 7.20. The third kappa shape index (κ3) is 6.59. The molecule has 12 heteroatoms. The van der Waals surface area contributed by atoms with E-state index in [2.05, 4.69) is 20.9 Å². The molecule has 3 aromatic carbocycles. The van der Waals surface area contributed by atoms with Gasteiger partial charge in [0, 0.05) is 5.56 Å². The highest BCUT2D eigenvalue weighted by atomic mass is 79.9. The summed E-state index contributed by atoms with van der Waals surface area (Å²) in [6.07, 6.45) is 1.72. The van der Waals surface area contributed by atoms with Crippen LogP contribution in [-0.2, 0) is 16.1 Å². The van der Waals surface area contributed by atoms with Crippen molar-refractivity contribution in [3.63, 3.8) is 0 Å². The second kappa shape index (κ2) is 14.3. The van der Waals surface area contributed by atoms with E-state index < -0.39 is 12.0 Å². The molecule has 46 heavy (non-hydrogen) atoms. The van der Waals surface area contributed by atoms with E-state index in [9.17, 15) is 14.0 Å². The van der Waals surface area contributed by atoms with Gasteiger partial charge < -0.3 is 23.7 Å². The van der Waals surface area contributed by atoms with Crippen molar-refractivity contribution in [1.82, 2.24) is 4.57 Å². The molecule has 0 aliphatic carbocycles. The summed E-state index contributed by atoms with van der Waals surface area (Å²) in [6.45, 7) is 5.87. The van der Waals surface area contributed by atoms with Crippen LogP contribution in [0.25, 0.3) is 6.08 Å². The molecule has 1 aromatic heterocycles. The molecule has 4 aromatic rings. The SMILES string of the molecule is CCOC(=O)C1=C(C)N=c2s/c(=C\c3cc(Br)c(OCc4ccccc4F)c(OC)c3)c(=O)n2[C@H]1c1ccc(OC)c(OCC)c1. The second-order valence-corrected chi connectivity index (χ2v) is 11.9. The normalized spacial score (nSPS) is 14.4. The van der Waals surface area contributed by atoms with Gasteiger partial charge in [0.05, 0.1) is 53.8 Å². The Balaban J connectivity index is 1.61. The zero-order valence-corrected chi connectivity index (χ0v) is 28.3. The zero-order chi connectivity index (χ0) is 33.0. The minimum absolute atomic E-state index is 0.00188. The minimum Gasteiger partial charge on any atom is -0.493 e. The van der Waals surface area contributed by atoms with Gasteiger partial charge in [-0.2, -0.15) is 0 Å². The second-order valence-electron chi connectivity index (χ2n) is 10.1. The molecule has 9 nitrogen and oxygen atoms in total. The van der Waals surface area contributed by atoms with Crippen LogP contribution >= 0.6 is 27.3 Å². The molecule has 1 aliphatic heterocycles. The standard InChI is InChI=1S/C34H32BrFN2O7S/c1-6-43-26-17-21(12-13-25(26)41-4)30-29(33(40)44-7-2)19(3)37-34-38(30)32(39)28(46-34)16-20-14-23(35)31(27(15-20)42-5)45-18-22-10-8-9-11-24(22)36/h8-17,30H,6-7,18H2,1-5H3/b28-16-/t30-/m0/s1. The molecule has 1 aliphatic rings. The lowest BCUT2D eigenvalue weighted by Crippen LogP contribution is -2.40. The Morgan fingerprint density at radius 2 is 1.78 bits per heavy atom. The Labute approximate surface area is 277 Å². The van der Waals surface area contributed by atoms with Crippen LogP contribution < -0.4 is 33.8 Å². The molecule has 0 amide bonds. The van der Waals surface area contributed by atoms with Gasteiger partial charge in [-0.3, -0.25) is 9.36 Å². The van der Waals surface area contributed by atoms with Crippen LogP contribution in [0.4, 0.5) is 4.39 Å². The Kier molecular flexibility index (Phi) is 10.3. The number of allylic oxidation sites excluding steroid dienone is 1. The molecule has 240 valence electrons. The highest BCUT2D eigenvalue weighted by Crippen LogP contribution is 2.38. The maximum atomic E-state index is 14.2. The maximum Gasteiger partial charge on any atom is 0.338 e. The summed E-state index contributed by atoms with van der Waals surface area (Å²) in [4.78, 5) is 32.5. The summed E-state index contributed by atoms with van der Waals surface area (Å²) >= 11 is 4.74. The number of rotatable bonds is 11. The molecule has 0 radical (unpaired) electrons. The Hall–Kier alpha value is -4.42. The highest BCUT2D eigenvalue weighted by Gasteiger charge is 2.34. The van der Waals surface area contributed by atoms with E-state index in [1.165, 1.54) is 29.1 Å². The van der Waals surface area contributed by atoms with Crippen LogP contribution in [0.2, 0.25) is 0 Å². The van der Waals surface area contributed by atoms with E-state index in [4.69, 9.17) is 23.7 Å². The van der Waals surface area contributed by atoms with Crippen LogP contribution in [0.3, 0.4) is 0 Å². The van der Waals surface area contributed by atoms with Crippen molar-refractivity contribution in [2.75, 3.05) is 27.4 Å². The van der Waals surface area contributed by atoms with E-state index in [1.807, 2.05) is 6.92 Å². The fourth-order valence-corrected chi connectivity index (χ4v) is 6.74. The van der Waals surface area contributed by atoms with Gasteiger partial charge in [0.25, 0.3) is 5.56 Å². The molecule has 0 N–H and O–H groups in total. The molecule has 0 saturated heterocycles. The quantitative estimate of drug-likeness (QED) is 0.185. The minimum atomic E-state index is -0.821. The smallest absolute Gasteiger partial charge is 0.338 e. The number of carbonyl (C=O) groups is 1. The fraction of sp³-hybridized carbons (Fsp3) is 0.265. The number of benzene rings is 3. The highest BCUT2D eigenvalue weighted by molar-refractivity contribution is 9.10. The first-order valence-corrected chi connectivity index (χ1v) is 16.1. The number of methoxy groups -OCH3 is 2. The number of esters is 1. The van der Waals surface area contributed by atoms with Gasteiger partial charge in [-0.1, -0.05) is 35.6 Å². The summed E-state index contributed by atoms with van der Waals surface area (Å²) in [6, 6.07) is 14.4. The summed E-state index contributed by atoms with van der Waals surface area (Å²) in [5.41, 5.74) is 2.05. The summed E-state index contributed by atoms with van der Waals surface area (Å²) < 4.78 is 44.8. The number of halogens is 2. The molecule has 0 saturated carbocycles. The van der Waals surface area contributed by atoms with Gasteiger partial charge in [0.1, 0.15) is 12.4 Å². The Bertz CT molecular complexity index is 2000. The average molecular weight is 712 g/mol. The van der Waals surface area contributed by atoms with Gasteiger partial charge in [0.15, 0.2) is 27.8 Å². The van der Waals surface area contributed by atoms with Gasteiger partial charge in [-0.05, 0) is 84.2 Å². The maximum absolute atomic E-state index is 14.2. The molecule has 0 unspecified atom stereocenters. The van der Waals surface area contributed by atoms with Crippen molar-refractivity contribution >= 4 is 39.3 Å². The molecular formula is C34H32BrFN2O7S. The number of hydrogen-bond donors (Lipinski definition) is 0. The number of fused-ring (bicyclic) bond motifs is 1. The van der Waals surface area contributed by atoms with Crippen molar-refractivity contribution in [1.29, 1.82) is 0 Å². The first-order valence-electron chi connectivity index (χ1n) is 14.4. The molecule has 1 atom stereocenters.